The lowest BCUT2D eigenvalue weighted by molar-refractivity contribution is -0.145. The maximum Gasteiger partial charge on any atom is 0.240 e. The van der Waals surface area contributed by atoms with E-state index in [1.165, 1.54) is 0 Å². The molecular weight excluding hydrogens is 420 g/mol. The summed E-state index contributed by atoms with van der Waals surface area (Å²) in [5.41, 5.74) is 1.12. The molecule has 0 radical (unpaired) electrons. The largest absolute Gasteiger partial charge is 0.497 e. The Balaban J connectivity index is 1.53. The highest BCUT2D eigenvalue weighted by Crippen LogP contribution is 2.45. The summed E-state index contributed by atoms with van der Waals surface area (Å²) >= 11 is 0. The summed E-state index contributed by atoms with van der Waals surface area (Å²) in [6.45, 7) is -0.262. The molecule has 4 rings (SSSR count). The summed E-state index contributed by atoms with van der Waals surface area (Å²) in [5, 5.41) is 3.02. The predicted molar refractivity (Wildman–Crippen MR) is 123 cm³/mol. The van der Waals surface area contributed by atoms with E-state index in [1.54, 1.807) is 14.2 Å². The normalized spacial score (nSPS) is 17.5. The maximum absolute atomic E-state index is 13.1. The molecule has 0 aromatic heterocycles. The van der Waals surface area contributed by atoms with Crippen molar-refractivity contribution >= 4 is 17.7 Å². The summed E-state index contributed by atoms with van der Waals surface area (Å²) in [4.78, 5) is 40.0. The third kappa shape index (κ3) is 4.72. The van der Waals surface area contributed by atoms with Gasteiger partial charge in [0.2, 0.25) is 17.7 Å². The van der Waals surface area contributed by atoms with Crippen LogP contribution in [-0.4, -0.2) is 43.4 Å². The minimum Gasteiger partial charge on any atom is -0.497 e. The lowest BCUT2D eigenvalue weighted by Gasteiger charge is -2.30. The molecule has 2 aromatic carbocycles. The highest BCUT2D eigenvalue weighted by atomic mass is 16.5. The van der Waals surface area contributed by atoms with Gasteiger partial charge >= 0.3 is 0 Å². The van der Waals surface area contributed by atoms with Gasteiger partial charge in [0.1, 0.15) is 18.0 Å². The highest BCUT2D eigenvalue weighted by Gasteiger charge is 2.51. The number of nitrogens with zero attached hydrogens (tertiary/aromatic N) is 1. The van der Waals surface area contributed by atoms with Crippen molar-refractivity contribution in [1.29, 1.82) is 0 Å². The van der Waals surface area contributed by atoms with E-state index < -0.39 is 11.5 Å². The van der Waals surface area contributed by atoms with Crippen molar-refractivity contribution in [3.8, 4) is 11.5 Å². The van der Waals surface area contributed by atoms with E-state index in [0.29, 0.717) is 11.5 Å². The number of benzene rings is 2. The second-order valence-corrected chi connectivity index (χ2v) is 8.85. The first-order valence-corrected chi connectivity index (χ1v) is 11.4. The van der Waals surface area contributed by atoms with Gasteiger partial charge < -0.3 is 14.8 Å². The molecule has 1 aliphatic heterocycles. The van der Waals surface area contributed by atoms with Crippen LogP contribution < -0.4 is 14.8 Å². The molecular formula is C26H30N2O5. The molecule has 1 N–H and O–H groups in total. The second-order valence-electron chi connectivity index (χ2n) is 8.85. The number of rotatable bonds is 7. The minimum absolute atomic E-state index is 0.187. The molecule has 0 bridgehead atoms. The minimum atomic E-state index is -0.596. The molecule has 2 fully saturated rings. The van der Waals surface area contributed by atoms with Crippen molar-refractivity contribution in [2.75, 3.05) is 20.8 Å². The van der Waals surface area contributed by atoms with E-state index in [2.05, 4.69) is 5.32 Å². The number of carbonyl (C=O) groups excluding carboxylic acids is 3. The van der Waals surface area contributed by atoms with Gasteiger partial charge in [-0.25, -0.2) is 0 Å². The van der Waals surface area contributed by atoms with Gasteiger partial charge in [0, 0.05) is 6.42 Å². The number of carbonyl (C=O) groups is 3. The first-order chi connectivity index (χ1) is 16.0. The van der Waals surface area contributed by atoms with Crippen LogP contribution >= 0.6 is 0 Å². The molecule has 1 saturated heterocycles. The number of ether oxygens (including phenoxy) is 2. The van der Waals surface area contributed by atoms with Gasteiger partial charge in [-0.15, -0.1) is 0 Å². The summed E-state index contributed by atoms with van der Waals surface area (Å²) in [6, 6.07) is 14.4. The van der Waals surface area contributed by atoms with Crippen LogP contribution in [0.1, 0.15) is 55.7 Å². The SMILES string of the molecule is COc1ccc(C(NC(=O)CN2C(=O)CC3(CCCCC3)C2=O)c2ccc(OC)cc2)cc1. The van der Waals surface area contributed by atoms with Crippen molar-refractivity contribution in [2.24, 2.45) is 5.41 Å². The number of nitrogens with one attached hydrogen (secondary N) is 1. The highest BCUT2D eigenvalue weighted by molar-refractivity contribution is 6.08. The Hall–Kier alpha value is -3.35. The van der Waals surface area contributed by atoms with Crippen molar-refractivity contribution in [2.45, 2.75) is 44.6 Å². The lowest BCUT2D eigenvalue weighted by Crippen LogP contribution is -2.44. The molecule has 7 heteroatoms. The number of hydrogen-bond acceptors (Lipinski definition) is 5. The van der Waals surface area contributed by atoms with Gasteiger partial charge in [-0.1, -0.05) is 43.5 Å². The zero-order valence-corrected chi connectivity index (χ0v) is 19.1. The first-order valence-electron chi connectivity index (χ1n) is 11.4. The Bertz CT molecular complexity index is 962. The smallest absolute Gasteiger partial charge is 0.240 e. The van der Waals surface area contributed by atoms with E-state index in [1.807, 2.05) is 48.5 Å². The Labute approximate surface area is 194 Å². The van der Waals surface area contributed by atoms with Crippen LogP contribution in [0.25, 0.3) is 0 Å². The fourth-order valence-electron chi connectivity index (χ4n) is 4.94. The van der Waals surface area contributed by atoms with Gasteiger partial charge in [0.25, 0.3) is 0 Å². The lowest BCUT2D eigenvalue weighted by atomic mass is 9.73. The zero-order valence-electron chi connectivity index (χ0n) is 19.1. The van der Waals surface area contributed by atoms with Gasteiger partial charge in [-0.05, 0) is 48.2 Å². The standard InChI is InChI=1S/C26H30N2O5/c1-32-20-10-6-18(7-11-20)24(19-8-12-21(33-2)13-9-19)27-22(29)17-28-23(30)16-26(25(28)31)14-4-3-5-15-26/h6-13,24H,3-5,14-17H2,1-2H3,(H,27,29). The second kappa shape index (κ2) is 9.65. The fraction of sp³-hybridized carbons (Fsp3) is 0.423. The predicted octanol–water partition coefficient (Wildman–Crippen LogP) is 3.62. The molecule has 174 valence electrons. The van der Waals surface area contributed by atoms with Crippen LogP contribution in [0.5, 0.6) is 11.5 Å². The van der Waals surface area contributed by atoms with Crippen LogP contribution in [0.4, 0.5) is 0 Å². The Morgan fingerprint density at radius 3 is 1.91 bits per heavy atom. The molecule has 3 amide bonds. The van der Waals surface area contributed by atoms with Crippen LogP contribution in [0.3, 0.4) is 0 Å². The first kappa shape index (κ1) is 22.8. The van der Waals surface area contributed by atoms with Crippen molar-refractivity contribution in [3.63, 3.8) is 0 Å². The van der Waals surface area contributed by atoms with E-state index >= 15 is 0 Å². The molecule has 1 spiro atoms. The Morgan fingerprint density at radius 2 is 1.42 bits per heavy atom. The Kier molecular flexibility index (Phi) is 6.67. The molecule has 33 heavy (non-hydrogen) atoms. The molecule has 1 aliphatic carbocycles. The third-order valence-electron chi connectivity index (χ3n) is 6.81. The van der Waals surface area contributed by atoms with Crippen LogP contribution in [0.15, 0.2) is 48.5 Å². The third-order valence-corrected chi connectivity index (χ3v) is 6.81. The number of imide groups is 1. The van der Waals surface area contributed by atoms with Crippen LogP contribution in [0, 0.1) is 5.41 Å². The molecule has 2 aromatic rings. The molecule has 0 atom stereocenters. The number of amides is 3. The number of methoxy groups -OCH3 is 2. The zero-order chi connectivity index (χ0) is 23.4. The number of hydrogen-bond donors (Lipinski definition) is 1. The maximum atomic E-state index is 13.1. The quantitative estimate of drug-likeness (QED) is 0.652. The van der Waals surface area contributed by atoms with Crippen LogP contribution in [0.2, 0.25) is 0 Å². The molecule has 7 nitrogen and oxygen atoms in total. The molecule has 1 heterocycles. The Morgan fingerprint density at radius 1 is 0.909 bits per heavy atom. The van der Waals surface area contributed by atoms with E-state index in [0.717, 1.165) is 48.1 Å². The molecule has 2 aliphatic rings. The summed E-state index contributed by atoms with van der Waals surface area (Å²) in [5.74, 6) is 0.616. The van der Waals surface area contributed by atoms with Crippen molar-refractivity contribution < 1.29 is 23.9 Å². The average molecular weight is 451 g/mol. The van der Waals surface area contributed by atoms with Gasteiger partial charge in [0.15, 0.2) is 0 Å². The molecule has 1 saturated carbocycles. The van der Waals surface area contributed by atoms with Gasteiger partial charge in [0.05, 0.1) is 25.7 Å². The van der Waals surface area contributed by atoms with E-state index in [9.17, 15) is 14.4 Å². The fourth-order valence-corrected chi connectivity index (χ4v) is 4.94. The van der Waals surface area contributed by atoms with E-state index in [-0.39, 0.29) is 30.7 Å². The van der Waals surface area contributed by atoms with Crippen LogP contribution in [-0.2, 0) is 14.4 Å². The van der Waals surface area contributed by atoms with Crippen molar-refractivity contribution in [1.82, 2.24) is 10.2 Å². The van der Waals surface area contributed by atoms with Gasteiger partial charge in [-0.3, -0.25) is 19.3 Å². The van der Waals surface area contributed by atoms with E-state index in [4.69, 9.17) is 9.47 Å². The summed E-state index contributed by atoms with van der Waals surface area (Å²) in [6.07, 6.45) is 4.69. The van der Waals surface area contributed by atoms with Crippen molar-refractivity contribution in [3.05, 3.63) is 59.7 Å². The summed E-state index contributed by atoms with van der Waals surface area (Å²) in [7, 11) is 3.20. The van der Waals surface area contributed by atoms with Gasteiger partial charge in [-0.2, -0.15) is 0 Å². The summed E-state index contributed by atoms with van der Waals surface area (Å²) < 4.78 is 10.5. The molecule has 0 unspecified atom stereocenters. The monoisotopic (exact) mass is 450 g/mol. The number of likely N-dealkylation sites (tertiary alicyclic amines) is 1. The topological polar surface area (TPSA) is 84.9 Å². The average Bonchev–Trinajstić information content (AvgIpc) is 3.07.